The van der Waals surface area contributed by atoms with Gasteiger partial charge in [0.25, 0.3) is 0 Å². The van der Waals surface area contributed by atoms with E-state index in [2.05, 4.69) is 34.6 Å². The molecule has 0 aliphatic rings. The summed E-state index contributed by atoms with van der Waals surface area (Å²) in [7, 11) is 0. The minimum absolute atomic E-state index is 0.272. The number of anilines is 2. The first-order valence-electron chi connectivity index (χ1n) is 6.73. The van der Waals surface area contributed by atoms with Crippen molar-refractivity contribution in [1.29, 1.82) is 0 Å². The molecule has 2 aromatic heterocycles. The molecule has 0 spiro atoms. The fourth-order valence-electron chi connectivity index (χ4n) is 1.85. The number of hydrogen-bond acceptors (Lipinski definition) is 4. The van der Waals surface area contributed by atoms with Gasteiger partial charge in [0.1, 0.15) is 11.6 Å². The molecule has 0 radical (unpaired) electrons. The predicted octanol–water partition coefficient (Wildman–Crippen LogP) is 2.60. The summed E-state index contributed by atoms with van der Waals surface area (Å²) in [4.78, 5) is 4.53. The van der Waals surface area contributed by atoms with Gasteiger partial charge in [-0.3, -0.25) is 4.68 Å². The molecule has 0 saturated carbocycles. The number of pyridine rings is 1. The van der Waals surface area contributed by atoms with Crippen molar-refractivity contribution in [3.8, 4) is 0 Å². The van der Waals surface area contributed by atoms with Gasteiger partial charge in [0.05, 0.1) is 6.54 Å². The van der Waals surface area contributed by atoms with Crippen LogP contribution in [0.25, 0.3) is 0 Å². The van der Waals surface area contributed by atoms with Gasteiger partial charge in [0, 0.05) is 25.0 Å². The molecule has 2 N–H and O–H groups in total. The van der Waals surface area contributed by atoms with Crippen LogP contribution in [0.2, 0.25) is 0 Å². The Balaban J connectivity index is 1.90. The molecule has 0 bridgehead atoms. The summed E-state index contributed by atoms with van der Waals surface area (Å²) in [6.45, 7) is 6.03. The van der Waals surface area contributed by atoms with Gasteiger partial charge in [-0.25, -0.2) is 4.98 Å². The second-order valence-electron chi connectivity index (χ2n) is 4.61. The Morgan fingerprint density at radius 2 is 2.11 bits per heavy atom. The maximum absolute atomic E-state index is 4.53. The Kier molecular flexibility index (Phi) is 4.78. The van der Waals surface area contributed by atoms with Gasteiger partial charge in [0.2, 0.25) is 0 Å². The molecule has 1 unspecified atom stereocenters. The van der Waals surface area contributed by atoms with Gasteiger partial charge < -0.3 is 10.6 Å². The SMILES string of the molecule is CCCNc1cccc(NC(C)Cn2cccn2)n1. The van der Waals surface area contributed by atoms with E-state index in [9.17, 15) is 0 Å². The van der Waals surface area contributed by atoms with E-state index in [1.807, 2.05) is 35.1 Å². The first-order chi connectivity index (χ1) is 9.28. The van der Waals surface area contributed by atoms with E-state index in [1.165, 1.54) is 0 Å². The van der Waals surface area contributed by atoms with E-state index < -0.39 is 0 Å². The summed E-state index contributed by atoms with van der Waals surface area (Å²) < 4.78 is 1.91. The van der Waals surface area contributed by atoms with Crippen LogP contribution in [0.15, 0.2) is 36.7 Å². The third-order valence-electron chi connectivity index (χ3n) is 2.72. The zero-order chi connectivity index (χ0) is 13.5. The molecule has 2 rings (SSSR count). The minimum atomic E-state index is 0.272. The van der Waals surface area contributed by atoms with Gasteiger partial charge in [-0.05, 0) is 31.5 Å². The van der Waals surface area contributed by atoms with Gasteiger partial charge in [-0.15, -0.1) is 0 Å². The molecule has 2 aromatic rings. The molecule has 2 heterocycles. The van der Waals surface area contributed by atoms with E-state index >= 15 is 0 Å². The summed E-state index contributed by atoms with van der Waals surface area (Å²) >= 11 is 0. The highest BCUT2D eigenvalue weighted by Gasteiger charge is 2.04. The molecular weight excluding hydrogens is 238 g/mol. The average Bonchev–Trinajstić information content (AvgIpc) is 2.89. The van der Waals surface area contributed by atoms with Crippen molar-refractivity contribution in [2.24, 2.45) is 0 Å². The summed E-state index contributed by atoms with van der Waals surface area (Å²) in [6, 6.07) is 8.18. The second kappa shape index (κ2) is 6.78. The Morgan fingerprint density at radius 1 is 1.26 bits per heavy atom. The largest absolute Gasteiger partial charge is 0.370 e. The predicted molar refractivity (Wildman–Crippen MR) is 78.3 cm³/mol. The smallest absolute Gasteiger partial charge is 0.128 e. The molecule has 0 saturated heterocycles. The van der Waals surface area contributed by atoms with Gasteiger partial charge in [0.15, 0.2) is 0 Å². The van der Waals surface area contributed by atoms with Crippen LogP contribution in [0.5, 0.6) is 0 Å². The average molecular weight is 259 g/mol. The zero-order valence-electron chi connectivity index (χ0n) is 11.5. The Hall–Kier alpha value is -2.04. The maximum Gasteiger partial charge on any atom is 0.128 e. The van der Waals surface area contributed by atoms with Crippen LogP contribution in [0.3, 0.4) is 0 Å². The number of aromatic nitrogens is 3. The van der Waals surface area contributed by atoms with Crippen LogP contribution in [-0.4, -0.2) is 27.4 Å². The topological polar surface area (TPSA) is 54.8 Å². The van der Waals surface area contributed by atoms with E-state index in [-0.39, 0.29) is 6.04 Å². The lowest BCUT2D eigenvalue weighted by atomic mass is 10.3. The quantitative estimate of drug-likeness (QED) is 0.802. The molecule has 102 valence electrons. The maximum atomic E-state index is 4.53. The van der Waals surface area contributed by atoms with Crippen LogP contribution < -0.4 is 10.6 Å². The van der Waals surface area contributed by atoms with E-state index in [0.29, 0.717) is 0 Å². The summed E-state index contributed by atoms with van der Waals surface area (Å²) in [5.74, 6) is 1.80. The normalized spacial score (nSPS) is 12.1. The van der Waals surface area contributed by atoms with E-state index in [4.69, 9.17) is 0 Å². The second-order valence-corrected chi connectivity index (χ2v) is 4.61. The Labute approximate surface area is 114 Å². The number of hydrogen-bond donors (Lipinski definition) is 2. The number of rotatable bonds is 7. The fraction of sp³-hybridized carbons (Fsp3) is 0.429. The molecule has 0 aliphatic carbocycles. The molecule has 0 aliphatic heterocycles. The Morgan fingerprint density at radius 3 is 2.84 bits per heavy atom. The van der Waals surface area contributed by atoms with Gasteiger partial charge >= 0.3 is 0 Å². The summed E-state index contributed by atoms with van der Waals surface area (Å²) in [6.07, 6.45) is 4.85. The first kappa shape index (κ1) is 13.4. The monoisotopic (exact) mass is 259 g/mol. The molecule has 1 atom stereocenters. The fourth-order valence-corrected chi connectivity index (χ4v) is 1.85. The van der Waals surface area contributed by atoms with Crippen LogP contribution in [0.4, 0.5) is 11.6 Å². The molecule has 5 nitrogen and oxygen atoms in total. The van der Waals surface area contributed by atoms with E-state index in [0.717, 1.165) is 31.1 Å². The third kappa shape index (κ3) is 4.28. The molecule has 5 heteroatoms. The molecule has 0 aromatic carbocycles. The number of nitrogens with one attached hydrogen (secondary N) is 2. The van der Waals surface area contributed by atoms with Crippen molar-refractivity contribution >= 4 is 11.6 Å². The van der Waals surface area contributed by atoms with Crippen molar-refractivity contribution in [2.75, 3.05) is 17.2 Å². The third-order valence-corrected chi connectivity index (χ3v) is 2.72. The van der Waals surface area contributed by atoms with Gasteiger partial charge in [-0.1, -0.05) is 13.0 Å². The highest BCUT2D eigenvalue weighted by molar-refractivity contribution is 5.45. The first-order valence-corrected chi connectivity index (χ1v) is 6.73. The van der Waals surface area contributed by atoms with Gasteiger partial charge in [-0.2, -0.15) is 5.10 Å². The van der Waals surface area contributed by atoms with Crippen molar-refractivity contribution in [3.05, 3.63) is 36.7 Å². The number of nitrogens with zero attached hydrogens (tertiary/aromatic N) is 3. The summed E-state index contributed by atoms with van der Waals surface area (Å²) in [5, 5.41) is 10.9. The highest BCUT2D eigenvalue weighted by Crippen LogP contribution is 2.10. The lowest BCUT2D eigenvalue weighted by molar-refractivity contribution is 0.560. The lowest BCUT2D eigenvalue weighted by Gasteiger charge is -2.15. The minimum Gasteiger partial charge on any atom is -0.370 e. The summed E-state index contributed by atoms with van der Waals surface area (Å²) in [5.41, 5.74) is 0. The van der Waals surface area contributed by atoms with E-state index in [1.54, 1.807) is 6.20 Å². The van der Waals surface area contributed by atoms with Crippen LogP contribution in [0, 0.1) is 0 Å². The van der Waals surface area contributed by atoms with Crippen molar-refractivity contribution in [1.82, 2.24) is 14.8 Å². The zero-order valence-corrected chi connectivity index (χ0v) is 11.5. The van der Waals surface area contributed by atoms with Crippen LogP contribution in [-0.2, 0) is 6.54 Å². The van der Waals surface area contributed by atoms with Crippen LogP contribution >= 0.6 is 0 Å². The van der Waals surface area contributed by atoms with Crippen molar-refractivity contribution < 1.29 is 0 Å². The molecule has 0 fully saturated rings. The highest BCUT2D eigenvalue weighted by atomic mass is 15.3. The standard InChI is InChI=1S/C14H21N5/c1-3-8-15-13-6-4-7-14(18-13)17-12(2)11-19-10-5-9-16-19/h4-7,9-10,12H,3,8,11H2,1-2H3,(H2,15,17,18). The lowest BCUT2D eigenvalue weighted by Crippen LogP contribution is -2.22. The Bertz CT molecular complexity index is 480. The molecule has 0 amide bonds. The van der Waals surface area contributed by atoms with Crippen molar-refractivity contribution in [2.45, 2.75) is 32.9 Å². The molecule has 19 heavy (non-hydrogen) atoms. The van der Waals surface area contributed by atoms with Crippen LogP contribution in [0.1, 0.15) is 20.3 Å². The molecular formula is C14H21N5. The van der Waals surface area contributed by atoms with Crippen molar-refractivity contribution in [3.63, 3.8) is 0 Å².